The summed E-state index contributed by atoms with van der Waals surface area (Å²) < 4.78 is 9.14. The molecule has 0 unspecified atom stereocenters. The zero-order valence-electron chi connectivity index (χ0n) is 21.2. The maximum Gasteiger partial charge on any atom is 0.261 e. The minimum atomic E-state index is -0.0137. The number of benzene rings is 3. The summed E-state index contributed by atoms with van der Waals surface area (Å²) in [6.45, 7) is 8.13. The topological polar surface area (TPSA) is 60.3 Å². The largest absolute Gasteiger partial charge is 0.457 e. The summed E-state index contributed by atoms with van der Waals surface area (Å²) in [7, 11) is 0. The van der Waals surface area contributed by atoms with Gasteiger partial charge in [-0.25, -0.2) is 9.97 Å². The minimum Gasteiger partial charge on any atom is -0.457 e. The predicted molar refractivity (Wildman–Crippen MR) is 151 cm³/mol. The summed E-state index contributed by atoms with van der Waals surface area (Å²) in [6, 6.07) is 19.6. The van der Waals surface area contributed by atoms with E-state index in [1.54, 1.807) is 11.3 Å². The van der Waals surface area contributed by atoms with Crippen molar-refractivity contribution in [3.05, 3.63) is 82.1 Å². The van der Waals surface area contributed by atoms with E-state index in [0.29, 0.717) is 29.1 Å². The molecule has 1 fully saturated rings. The summed E-state index contributed by atoms with van der Waals surface area (Å²) >= 11 is 1.58. The lowest BCUT2D eigenvalue weighted by molar-refractivity contribution is 0.169. The normalized spacial score (nSPS) is 16.4. The lowest BCUT2D eigenvalue weighted by atomic mass is 9.97. The standard InChI is InChI=1S/C30H30N4O2S/c1-3-33-14-6-8-21(17-33)18-34-29(24-9-5-4-7-20(24)2)32-26-12-10-22(15-25(26)30(34)35)36-23-11-13-27-28(16-23)37-19-31-27/h4-5,7,9-13,15-16,19,21H,3,6,8,14,17-18H2,1-2H3/t21-/m0/s1. The predicted octanol–water partition coefficient (Wildman–Crippen LogP) is 6.51. The molecule has 1 aliphatic heterocycles. The molecule has 1 atom stereocenters. The molecule has 188 valence electrons. The van der Waals surface area contributed by atoms with E-state index in [2.05, 4.69) is 35.9 Å². The molecule has 0 amide bonds. The molecule has 0 spiro atoms. The molecular weight excluding hydrogens is 480 g/mol. The third kappa shape index (κ3) is 4.77. The monoisotopic (exact) mass is 510 g/mol. The molecule has 0 bridgehead atoms. The Balaban J connectivity index is 1.43. The SMILES string of the molecule is CCN1CCC[C@H](Cn2c(-c3ccccc3C)nc3ccc(Oc4ccc5ncsc5c4)cc3c2=O)C1. The van der Waals surface area contributed by atoms with Gasteiger partial charge in [0.1, 0.15) is 17.3 Å². The summed E-state index contributed by atoms with van der Waals surface area (Å²) in [5.41, 5.74) is 5.57. The van der Waals surface area contributed by atoms with Gasteiger partial charge in [0.2, 0.25) is 0 Å². The van der Waals surface area contributed by atoms with Crippen LogP contribution in [0.5, 0.6) is 11.5 Å². The molecule has 1 aliphatic rings. The van der Waals surface area contributed by atoms with E-state index in [1.165, 1.54) is 0 Å². The second-order valence-corrected chi connectivity index (χ2v) is 10.7. The number of ether oxygens (including phenoxy) is 1. The second kappa shape index (κ2) is 10.1. The van der Waals surface area contributed by atoms with Gasteiger partial charge in [0.05, 0.1) is 26.6 Å². The van der Waals surface area contributed by atoms with Gasteiger partial charge in [0.15, 0.2) is 0 Å². The zero-order chi connectivity index (χ0) is 25.4. The fourth-order valence-electron chi connectivity index (χ4n) is 5.34. The smallest absolute Gasteiger partial charge is 0.261 e. The Morgan fingerprint density at radius 1 is 1.05 bits per heavy atom. The Hall–Kier alpha value is -3.55. The second-order valence-electron chi connectivity index (χ2n) is 9.83. The molecule has 7 heteroatoms. The molecular formula is C30H30N4O2S. The maximum atomic E-state index is 14.1. The third-order valence-corrected chi connectivity index (χ3v) is 8.13. The average Bonchev–Trinajstić information content (AvgIpc) is 3.39. The van der Waals surface area contributed by atoms with Gasteiger partial charge < -0.3 is 9.64 Å². The molecule has 2 aromatic heterocycles. The maximum absolute atomic E-state index is 14.1. The van der Waals surface area contributed by atoms with Gasteiger partial charge in [-0.1, -0.05) is 31.2 Å². The quantitative estimate of drug-likeness (QED) is 0.261. The summed E-state index contributed by atoms with van der Waals surface area (Å²) in [6.07, 6.45) is 2.29. The van der Waals surface area contributed by atoms with Crippen LogP contribution >= 0.6 is 11.3 Å². The number of aryl methyl sites for hydroxylation is 1. The highest BCUT2D eigenvalue weighted by Gasteiger charge is 2.23. The first-order valence-corrected chi connectivity index (χ1v) is 13.8. The Kier molecular flexibility index (Phi) is 6.49. The van der Waals surface area contributed by atoms with E-state index >= 15 is 0 Å². The van der Waals surface area contributed by atoms with Crippen molar-refractivity contribution < 1.29 is 4.74 Å². The number of hydrogen-bond acceptors (Lipinski definition) is 6. The number of fused-ring (bicyclic) bond motifs is 2. The number of hydrogen-bond donors (Lipinski definition) is 0. The third-order valence-electron chi connectivity index (χ3n) is 7.34. The van der Waals surface area contributed by atoms with Crippen LogP contribution in [-0.2, 0) is 6.54 Å². The molecule has 6 nitrogen and oxygen atoms in total. The van der Waals surface area contributed by atoms with Gasteiger partial charge in [0, 0.05) is 24.7 Å². The van der Waals surface area contributed by atoms with Crippen molar-refractivity contribution in [3.8, 4) is 22.9 Å². The summed E-state index contributed by atoms with van der Waals surface area (Å²) in [5, 5.41) is 0.580. The Labute approximate surface area is 220 Å². The Morgan fingerprint density at radius 3 is 2.70 bits per heavy atom. The average molecular weight is 511 g/mol. The van der Waals surface area contributed by atoms with Crippen molar-refractivity contribution in [1.29, 1.82) is 0 Å². The molecule has 0 N–H and O–H groups in total. The first kappa shape index (κ1) is 23.8. The van der Waals surface area contributed by atoms with Crippen molar-refractivity contribution in [3.63, 3.8) is 0 Å². The molecule has 3 aromatic carbocycles. The van der Waals surface area contributed by atoms with Gasteiger partial charge >= 0.3 is 0 Å². The minimum absolute atomic E-state index is 0.0137. The molecule has 6 rings (SSSR count). The van der Waals surface area contributed by atoms with Crippen LogP contribution in [0.3, 0.4) is 0 Å². The lowest BCUT2D eigenvalue weighted by Gasteiger charge is -2.32. The van der Waals surface area contributed by atoms with E-state index in [-0.39, 0.29) is 5.56 Å². The van der Waals surface area contributed by atoms with Crippen molar-refractivity contribution >= 4 is 32.5 Å². The molecule has 0 aliphatic carbocycles. The van der Waals surface area contributed by atoms with Crippen molar-refractivity contribution in [2.24, 2.45) is 5.92 Å². The molecule has 0 radical (unpaired) electrons. The highest BCUT2D eigenvalue weighted by Crippen LogP contribution is 2.30. The van der Waals surface area contributed by atoms with Crippen molar-refractivity contribution in [2.45, 2.75) is 33.2 Å². The van der Waals surface area contributed by atoms with E-state index in [9.17, 15) is 4.79 Å². The number of thiazole rings is 1. The van der Waals surface area contributed by atoms with Gasteiger partial charge in [-0.2, -0.15) is 0 Å². The van der Waals surface area contributed by atoms with Crippen LogP contribution in [0.4, 0.5) is 0 Å². The van der Waals surface area contributed by atoms with Crippen LogP contribution in [0.2, 0.25) is 0 Å². The van der Waals surface area contributed by atoms with E-state index < -0.39 is 0 Å². The highest BCUT2D eigenvalue weighted by atomic mass is 32.1. The Morgan fingerprint density at radius 2 is 1.86 bits per heavy atom. The van der Waals surface area contributed by atoms with Crippen LogP contribution in [0.15, 0.2) is 71.0 Å². The van der Waals surface area contributed by atoms with Gasteiger partial charge in [-0.3, -0.25) is 9.36 Å². The number of nitrogens with zero attached hydrogens (tertiary/aromatic N) is 4. The van der Waals surface area contributed by atoms with Gasteiger partial charge in [-0.15, -0.1) is 11.3 Å². The van der Waals surface area contributed by atoms with Crippen LogP contribution in [0, 0.1) is 12.8 Å². The first-order chi connectivity index (χ1) is 18.1. The molecule has 3 heterocycles. The van der Waals surface area contributed by atoms with E-state index in [1.807, 2.05) is 58.6 Å². The fraction of sp³-hybridized carbons (Fsp3) is 0.300. The van der Waals surface area contributed by atoms with Gasteiger partial charge in [-0.05, 0) is 74.7 Å². The van der Waals surface area contributed by atoms with Crippen molar-refractivity contribution in [1.82, 2.24) is 19.4 Å². The zero-order valence-corrected chi connectivity index (χ0v) is 22.0. The van der Waals surface area contributed by atoms with Crippen molar-refractivity contribution in [2.75, 3.05) is 19.6 Å². The number of likely N-dealkylation sites (tertiary alicyclic amines) is 1. The fourth-order valence-corrected chi connectivity index (χ4v) is 6.05. The molecule has 37 heavy (non-hydrogen) atoms. The lowest BCUT2D eigenvalue weighted by Crippen LogP contribution is -2.38. The summed E-state index contributed by atoms with van der Waals surface area (Å²) in [4.78, 5) is 25.9. The number of piperidine rings is 1. The van der Waals surface area contributed by atoms with E-state index in [0.717, 1.165) is 65.4 Å². The Bertz CT molecular complexity index is 1640. The van der Waals surface area contributed by atoms with Crippen LogP contribution in [0.25, 0.3) is 32.5 Å². The first-order valence-electron chi connectivity index (χ1n) is 12.9. The number of rotatable bonds is 6. The van der Waals surface area contributed by atoms with Gasteiger partial charge in [0.25, 0.3) is 5.56 Å². The molecule has 1 saturated heterocycles. The van der Waals surface area contributed by atoms with Crippen LogP contribution in [0.1, 0.15) is 25.3 Å². The molecule has 0 saturated carbocycles. The summed E-state index contributed by atoms with van der Waals surface area (Å²) in [5.74, 6) is 2.51. The van der Waals surface area contributed by atoms with E-state index in [4.69, 9.17) is 9.72 Å². The molecule has 5 aromatic rings. The van der Waals surface area contributed by atoms with Crippen LogP contribution < -0.4 is 10.3 Å². The van der Waals surface area contributed by atoms with Crippen LogP contribution in [-0.4, -0.2) is 39.1 Å². The highest BCUT2D eigenvalue weighted by molar-refractivity contribution is 7.16. The number of aromatic nitrogens is 3.